The van der Waals surface area contributed by atoms with Crippen molar-refractivity contribution in [3.8, 4) is 0 Å². The summed E-state index contributed by atoms with van der Waals surface area (Å²) in [4.78, 5) is 2.14. The van der Waals surface area contributed by atoms with Gasteiger partial charge in [-0.3, -0.25) is 0 Å². The van der Waals surface area contributed by atoms with E-state index in [1.165, 1.54) is 43.6 Å². The van der Waals surface area contributed by atoms with Gasteiger partial charge in [0.2, 0.25) is 0 Å². The Morgan fingerprint density at radius 3 is 2.89 bits per heavy atom. The minimum atomic E-state index is 0.507. The lowest BCUT2D eigenvalue weighted by molar-refractivity contribution is 0.371. The van der Waals surface area contributed by atoms with Gasteiger partial charge in [-0.25, -0.2) is 0 Å². The molecule has 3 heteroatoms. The Bertz CT molecular complexity index is 383. The third kappa shape index (κ3) is 4.43. The van der Waals surface area contributed by atoms with Crippen LogP contribution in [0.15, 0.2) is 24.3 Å². The number of nitrogens with one attached hydrogen (secondary N) is 2. The predicted molar refractivity (Wildman–Crippen MR) is 84.1 cm³/mol. The molecular weight excluding hydrogens is 234 g/mol. The fourth-order valence-electron chi connectivity index (χ4n) is 2.77. The summed E-state index contributed by atoms with van der Waals surface area (Å²) in [5.41, 5.74) is 2.46. The quantitative estimate of drug-likeness (QED) is 0.853. The van der Waals surface area contributed by atoms with Crippen LogP contribution in [0.5, 0.6) is 0 Å². The van der Waals surface area contributed by atoms with Crippen LogP contribution in [-0.4, -0.2) is 32.7 Å². The first-order chi connectivity index (χ1) is 9.15. The monoisotopic (exact) mass is 261 g/mol. The summed E-state index contributed by atoms with van der Waals surface area (Å²) in [5, 5.41) is 7.23. The molecule has 2 N–H and O–H groups in total. The molecule has 0 bridgehead atoms. The van der Waals surface area contributed by atoms with E-state index >= 15 is 0 Å². The third-order valence-electron chi connectivity index (χ3n) is 3.83. The van der Waals surface area contributed by atoms with Crippen molar-refractivity contribution in [3.05, 3.63) is 24.3 Å². The van der Waals surface area contributed by atoms with E-state index in [0.717, 1.165) is 0 Å². The number of piperidine rings is 1. The van der Waals surface area contributed by atoms with Gasteiger partial charge in [0.05, 0.1) is 0 Å². The Labute approximate surface area is 117 Å². The van der Waals surface area contributed by atoms with E-state index in [1.54, 1.807) is 0 Å². The Kier molecular flexibility index (Phi) is 5.08. The van der Waals surface area contributed by atoms with Crippen LogP contribution >= 0.6 is 0 Å². The number of anilines is 2. The average Bonchev–Trinajstić information content (AvgIpc) is 2.40. The van der Waals surface area contributed by atoms with Gasteiger partial charge in [0.15, 0.2) is 0 Å². The standard InChI is InChI=1S/C16H27N3/c1-13(11-14-7-4-5-10-17-14)18-15-8-6-9-16(12-15)19(2)3/h6,8-9,12-14,17-18H,4-5,7,10-11H2,1-3H3. The summed E-state index contributed by atoms with van der Waals surface area (Å²) in [5.74, 6) is 0. The Balaban J connectivity index is 1.87. The van der Waals surface area contributed by atoms with E-state index in [1.807, 2.05) is 0 Å². The van der Waals surface area contributed by atoms with E-state index in [2.05, 4.69) is 60.8 Å². The number of hydrogen-bond acceptors (Lipinski definition) is 3. The highest BCUT2D eigenvalue weighted by Crippen LogP contribution is 2.20. The molecule has 0 saturated carbocycles. The number of hydrogen-bond donors (Lipinski definition) is 2. The van der Waals surface area contributed by atoms with Gasteiger partial charge in [0.25, 0.3) is 0 Å². The highest BCUT2D eigenvalue weighted by molar-refractivity contribution is 5.57. The number of nitrogens with zero attached hydrogens (tertiary/aromatic N) is 1. The zero-order valence-corrected chi connectivity index (χ0v) is 12.4. The van der Waals surface area contributed by atoms with Crippen molar-refractivity contribution >= 4 is 11.4 Å². The van der Waals surface area contributed by atoms with E-state index < -0.39 is 0 Å². The van der Waals surface area contributed by atoms with Gasteiger partial charge in [-0.05, 0) is 50.9 Å². The van der Waals surface area contributed by atoms with Crippen LogP contribution in [0, 0.1) is 0 Å². The second kappa shape index (κ2) is 6.80. The van der Waals surface area contributed by atoms with E-state index in [4.69, 9.17) is 0 Å². The zero-order chi connectivity index (χ0) is 13.7. The molecule has 19 heavy (non-hydrogen) atoms. The third-order valence-corrected chi connectivity index (χ3v) is 3.83. The molecule has 3 nitrogen and oxygen atoms in total. The molecule has 1 aromatic carbocycles. The molecule has 2 atom stereocenters. The first kappa shape index (κ1) is 14.2. The average molecular weight is 261 g/mol. The van der Waals surface area contributed by atoms with Gasteiger partial charge in [0, 0.05) is 37.6 Å². The van der Waals surface area contributed by atoms with Crippen molar-refractivity contribution < 1.29 is 0 Å². The van der Waals surface area contributed by atoms with Crippen molar-refractivity contribution in [2.45, 2.75) is 44.7 Å². The van der Waals surface area contributed by atoms with Crippen molar-refractivity contribution in [1.29, 1.82) is 0 Å². The first-order valence-corrected chi connectivity index (χ1v) is 7.42. The molecule has 2 unspecified atom stereocenters. The van der Waals surface area contributed by atoms with Crippen LogP contribution in [0.25, 0.3) is 0 Å². The molecule has 0 aromatic heterocycles. The van der Waals surface area contributed by atoms with Crippen LogP contribution in [0.1, 0.15) is 32.6 Å². The van der Waals surface area contributed by atoms with Crippen LogP contribution in [0.2, 0.25) is 0 Å². The number of rotatable bonds is 5. The smallest absolute Gasteiger partial charge is 0.0381 e. The normalized spacial score (nSPS) is 20.9. The fraction of sp³-hybridized carbons (Fsp3) is 0.625. The molecule has 0 aliphatic carbocycles. The second-order valence-electron chi connectivity index (χ2n) is 5.87. The van der Waals surface area contributed by atoms with Crippen molar-refractivity contribution in [2.24, 2.45) is 0 Å². The highest BCUT2D eigenvalue weighted by Gasteiger charge is 2.15. The van der Waals surface area contributed by atoms with Crippen LogP contribution < -0.4 is 15.5 Å². The summed E-state index contributed by atoms with van der Waals surface area (Å²) in [6.07, 6.45) is 5.24. The van der Waals surface area contributed by atoms with Gasteiger partial charge in [-0.15, -0.1) is 0 Å². The molecule has 1 heterocycles. The lowest BCUT2D eigenvalue weighted by Gasteiger charge is -2.27. The summed E-state index contributed by atoms with van der Waals surface area (Å²) >= 11 is 0. The molecule has 1 aromatic rings. The summed E-state index contributed by atoms with van der Waals surface area (Å²) in [7, 11) is 4.16. The fourth-order valence-corrected chi connectivity index (χ4v) is 2.77. The Hall–Kier alpha value is -1.22. The van der Waals surface area contributed by atoms with E-state index in [-0.39, 0.29) is 0 Å². The second-order valence-corrected chi connectivity index (χ2v) is 5.87. The van der Waals surface area contributed by atoms with Crippen molar-refractivity contribution in [3.63, 3.8) is 0 Å². The van der Waals surface area contributed by atoms with Crippen molar-refractivity contribution in [1.82, 2.24) is 5.32 Å². The molecule has 1 fully saturated rings. The Morgan fingerprint density at radius 1 is 1.37 bits per heavy atom. The minimum Gasteiger partial charge on any atom is -0.382 e. The molecule has 1 aliphatic rings. The van der Waals surface area contributed by atoms with Gasteiger partial charge in [-0.1, -0.05) is 12.5 Å². The lowest BCUT2D eigenvalue weighted by atomic mass is 9.98. The summed E-state index contributed by atoms with van der Waals surface area (Å²) < 4.78 is 0. The largest absolute Gasteiger partial charge is 0.382 e. The number of benzene rings is 1. The maximum Gasteiger partial charge on any atom is 0.0381 e. The molecule has 1 saturated heterocycles. The minimum absolute atomic E-state index is 0.507. The van der Waals surface area contributed by atoms with Crippen LogP contribution in [0.4, 0.5) is 11.4 Å². The van der Waals surface area contributed by atoms with Gasteiger partial charge < -0.3 is 15.5 Å². The Morgan fingerprint density at radius 2 is 2.21 bits per heavy atom. The van der Waals surface area contributed by atoms with E-state index in [0.29, 0.717) is 12.1 Å². The van der Waals surface area contributed by atoms with Crippen LogP contribution in [-0.2, 0) is 0 Å². The summed E-state index contributed by atoms with van der Waals surface area (Å²) in [6, 6.07) is 9.81. The topological polar surface area (TPSA) is 27.3 Å². The maximum atomic E-state index is 3.62. The molecule has 0 spiro atoms. The maximum absolute atomic E-state index is 3.62. The van der Waals surface area contributed by atoms with Gasteiger partial charge in [-0.2, -0.15) is 0 Å². The lowest BCUT2D eigenvalue weighted by Crippen LogP contribution is -2.37. The molecule has 1 aliphatic heterocycles. The van der Waals surface area contributed by atoms with Crippen molar-refractivity contribution in [2.75, 3.05) is 30.9 Å². The highest BCUT2D eigenvalue weighted by atomic mass is 15.1. The van der Waals surface area contributed by atoms with E-state index in [9.17, 15) is 0 Å². The molecule has 106 valence electrons. The molecule has 2 rings (SSSR count). The first-order valence-electron chi connectivity index (χ1n) is 7.42. The molecular formula is C16H27N3. The molecule has 0 amide bonds. The van der Waals surface area contributed by atoms with Gasteiger partial charge in [0.1, 0.15) is 0 Å². The zero-order valence-electron chi connectivity index (χ0n) is 12.4. The SMILES string of the molecule is CC(CC1CCCCN1)Nc1cccc(N(C)C)c1. The summed E-state index contributed by atoms with van der Waals surface area (Å²) in [6.45, 7) is 3.46. The van der Waals surface area contributed by atoms with Crippen LogP contribution in [0.3, 0.4) is 0 Å². The van der Waals surface area contributed by atoms with Gasteiger partial charge >= 0.3 is 0 Å². The molecule has 0 radical (unpaired) electrons. The predicted octanol–water partition coefficient (Wildman–Crippen LogP) is 3.09.